The van der Waals surface area contributed by atoms with Crippen LogP contribution in [0.15, 0.2) is 36.5 Å². The van der Waals surface area contributed by atoms with Gasteiger partial charge in [-0.05, 0) is 44.9 Å². The molecule has 9 heteroatoms. The standard InChI is InChI=1S/C54H105N2O6P/c1-6-8-10-12-14-16-18-20-22-24-26-27-28-29-30-32-34-36-38-40-42-44-46-48-54(58)55-52(51-62-63(59,60)61-50-49-56(3,4)5)53(57)47-45-43-41-39-37-35-33-31-25-23-21-19-17-15-13-11-9-7-2/h25,31,37,39,45,47,52-53,57H,6-24,26-30,32-36,38,40-44,46,48-51H2,1-5H3,(H-,55,58,59,60)/b31-25+,39-37+,47-45+. The zero-order chi connectivity index (χ0) is 46.4. The predicted octanol–water partition coefficient (Wildman–Crippen LogP) is 15.2. The summed E-state index contributed by atoms with van der Waals surface area (Å²) in [6.45, 7) is 4.64. The van der Waals surface area contributed by atoms with Crippen LogP contribution in [0.4, 0.5) is 0 Å². The second kappa shape index (κ2) is 45.9. The first kappa shape index (κ1) is 61.7. The molecule has 0 aliphatic carbocycles. The molecule has 0 aromatic heterocycles. The number of quaternary nitrogens is 1. The number of nitrogens with one attached hydrogen (secondary N) is 1. The highest BCUT2D eigenvalue weighted by Gasteiger charge is 2.23. The van der Waals surface area contributed by atoms with Crippen molar-refractivity contribution >= 4 is 13.7 Å². The van der Waals surface area contributed by atoms with E-state index in [0.29, 0.717) is 17.4 Å². The summed E-state index contributed by atoms with van der Waals surface area (Å²) >= 11 is 0. The SMILES string of the molecule is CCCCCCCCCC/C=C/CC/C=C/CC/C=C/C(O)C(COP(=O)([O-])OCC[N+](C)(C)C)NC(=O)CCCCCCCCCCCCCCCCCCCCCCCCC. The maximum absolute atomic E-state index is 12.9. The zero-order valence-corrected chi connectivity index (χ0v) is 43.2. The zero-order valence-electron chi connectivity index (χ0n) is 42.3. The molecule has 0 rings (SSSR count). The van der Waals surface area contributed by atoms with Gasteiger partial charge in [-0.3, -0.25) is 9.36 Å². The van der Waals surface area contributed by atoms with E-state index in [1.165, 1.54) is 186 Å². The molecule has 0 bridgehead atoms. The molecule has 0 aromatic rings. The number of phosphoric acid groups is 1. The van der Waals surface area contributed by atoms with E-state index in [2.05, 4.69) is 43.5 Å². The first-order valence-corrected chi connectivity index (χ1v) is 28.3. The summed E-state index contributed by atoms with van der Waals surface area (Å²) < 4.78 is 23.3. The van der Waals surface area contributed by atoms with Crippen LogP contribution in [0, 0.1) is 0 Å². The summed E-state index contributed by atoms with van der Waals surface area (Å²) in [7, 11) is 1.24. The number of hydrogen-bond acceptors (Lipinski definition) is 6. The number of phosphoric ester groups is 1. The lowest BCUT2D eigenvalue weighted by Crippen LogP contribution is -2.45. The topological polar surface area (TPSA) is 108 Å². The molecule has 1 amide bonds. The third-order valence-electron chi connectivity index (χ3n) is 12.1. The first-order chi connectivity index (χ1) is 30.5. The van der Waals surface area contributed by atoms with Gasteiger partial charge in [0, 0.05) is 6.42 Å². The molecule has 0 saturated carbocycles. The highest BCUT2D eigenvalue weighted by atomic mass is 31.2. The summed E-state index contributed by atoms with van der Waals surface area (Å²) in [4.78, 5) is 25.4. The first-order valence-electron chi connectivity index (χ1n) is 26.9. The quantitative estimate of drug-likeness (QED) is 0.0272. The smallest absolute Gasteiger partial charge is 0.268 e. The molecule has 0 spiro atoms. The largest absolute Gasteiger partial charge is 0.756 e. The Morgan fingerprint density at radius 2 is 0.889 bits per heavy atom. The Balaban J connectivity index is 4.29. The van der Waals surface area contributed by atoms with Gasteiger partial charge in [0.1, 0.15) is 13.2 Å². The number of carbonyl (C=O) groups excluding carboxylic acids is 1. The number of allylic oxidation sites excluding steroid dienone is 5. The summed E-state index contributed by atoms with van der Waals surface area (Å²) in [5.74, 6) is -0.207. The van der Waals surface area contributed by atoms with Gasteiger partial charge in [0.15, 0.2) is 0 Å². The Labute approximate surface area is 391 Å². The van der Waals surface area contributed by atoms with E-state index in [-0.39, 0.29) is 12.5 Å². The van der Waals surface area contributed by atoms with Gasteiger partial charge in [-0.1, -0.05) is 237 Å². The van der Waals surface area contributed by atoms with Crippen LogP contribution in [-0.2, 0) is 18.4 Å². The van der Waals surface area contributed by atoms with Crippen molar-refractivity contribution in [3.63, 3.8) is 0 Å². The van der Waals surface area contributed by atoms with E-state index in [0.717, 1.165) is 44.9 Å². The molecule has 0 radical (unpaired) electrons. The minimum absolute atomic E-state index is 0.00753. The van der Waals surface area contributed by atoms with E-state index in [4.69, 9.17) is 9.05 Å². The van der Waals surface area contributed by atoms with Crippen LogP contribution in [0.1, 0.15) is 251 Å². The van der Waals surface area contributed by atoms with Gasteiger partial charge in [-0.25, -0.2) is 0 Å². The van der Waals surface area contributed by atoms with Crippen molar-refractivity contribution in [3.05, 3.63) is 36.5 Å². The van der Waals surface area contributed by atoms with Crippen LogP contribution in [0.3, 0.4) is 0 Å². The van der Waals surface area contributed by atoms with Gasteiger partial charge < -0.3 is 28.8 Å². The molecule has 0 saturated heterocycles. The second-order valence-corrected chi connectivity index (χ2v) is 21.0. The fourth-order valence-corrected chi connectivity index (χ4v) is 8.56. The third kappa shape index (κ3) is 48.5. The third-order valence-corrected chi connectivity index (χ3v) is 13.0. The van der Waals surface area contributed by atoms with Crippen LogP contribution in [0.25, 0.3) is 0 Å². The van der Waals surface area contributed by atoms with Crippen LogP contribution >= 0.6 is 7.82 Å². The Bertz CT molecular complexity index is 1120. The monoisotopic (exact) mass is 909 g/mol. The maximum Gasteiger partial charge on any atom is 0.268 e. The van der Waals surface area contributed by atoms with Crippen LogP contribution < -0.4 is 10.2 Å². The second-order valence-electron chi connectivity index (χ2n) is 19.6. The van der Waals surface area contributed by atoms with Gasteiger partial charge in [-0.15, -0.1) is 0 Å². The number of carbonyl (C=O) groups is 1. The number of aliphatic hydroxyl groups is 1. The normalized spacial score (nSPS) is 14.3. The molecule has 3 atom stereocenters. The van der Waals surface area contributed by atoms with E-state index in [1.54, 1.807) is 6.08 Å². The minimum atomic E-state index is -4.60. The Morgan fingerprint density at radius 3 is 1.29 bits per heavy atom. The van der Waals surface area contributed by atoms with Gasteiger partial charge >= 0.3 is 0 Å². The summed E-state index contributed by atoms with van der Waals surface area (Å²) in [6, 6.07) is -0.907. The van der Waals surface area contributed by atoms with Crippen LogP contribution in [0.5, 0.6) is 0 Å². The molecule has 372 valence electrons. The highest BCUT2D eigenvalue weighted by Crippen LogP contribution is 2.38. The molecule has 3 unspecified atom stereocenters. The van der Waals surface area contributed by atoms with Crippen molar-refractivity contribution in [2.75, 3.05) is 40.9 Å². The molecule has 2 N–H and O–H groups in total. The molecule has 63 heavy (non-hydrogen) atoms. The Hall–Kier alpha value is -1.28. The Morgan fingerprint density at radius 1 is 0.540 bits per heavy atom. The highest BCUT2D eigenvalue weighted by molar-refractivity contribution is 7.45. The van der Waals surface area contributed by atoms with Crippen molar-refractivity contribution < 1.29 is 32.9 Å². The van der Waals surface area contributed by atoms with E-state index in [1.807, 2.05) is 27.2 Å². The van der Waals surface area contributed by atoms with Gasteiger partial charge in [0.25, 0.3) is 7.82 Å². The van der Waals surface area contributed by atoms with Crippen LogP contribution in [-0.4, -0.2) is 68.5 Å². The summed E-state index contributed by atoms with van der Waals surface area (Å²) in [5.41, 5.74) is 0. The van der Waals surface area contributed by atoms with Crippen molar-refractivity contribution in [2.45, 2.75) is 264 Å². The molecule has 8 nitrogen and oxygen atoms in total. The van der Waals surface area contributed by atoms with Crippen molar-refractivity contribution in [1.29, 1.82) is 0 Å². The lowest BCUT2D eigenvalue weighted by molar-refractivity contribution is -0.870. The van der Waals surface area contributed by atoms with Gasteiger partial charge in [-0.2, -0.15) is 0 Å². The number of unbranched alkanes of at least 4 members (excludes halogenated alkanes) is 32. The van der Waals surface area contributed by atoms with Crippen molar-refractivity contribution in [1.82, 2.24) is 5.32 Å². The average molecular weight is 909 g/mol. The van der Waals surface area contributed by atoms with E-state index >= 15 is 0 Å². The van der Waals surface area contributed by atoms with E-state index < -0.39 is 26.6 Å². The van der Waals surface area contributed by atoms with Crippen molar-refractivity contribution in [3.8, 4) is 0 Å². The number of amides is 1. The number of nitrogens with zero attached hydrogens (tertiary/aromatic N) is 1. The van der Waals surface area contributed by atoms with E-state index in [9.17, 15) is 19.4 Å². The summed E-state index contributed by atoms with van der Waals surface area (Å²) in [5, 5.41) is 13.8. The number of likely N-dealkylation sites (N-methyl/N-ethyl adjacent to an activating group) is 1. The lowest BCUT2D eigenvalue weighted by Gasteiger charge is -2.29. The number of hydrogen-bond donors (Lipinski definition) is 2. The average Bonchev–Trinajstić information content (AvgIpc) is 3.24. The molecule has 0 heterocycles. The Kier molecular flexibility index (Phi) is 44.9. The molecule has 0 aliphatic rings. The molecule has 0 aliphatic heterocycles. The summed E-state index contributed by atoms with van der Waals surface area (Å²) in [6.07, 6.45) is 57.8. The van der Waals surface area contributed by atoms with Crippen molar-refractivity contribution in [2.24, 2.45) is 0 Å². The lowest BCUT2D eigenvalue weighted by atomic mass is 10.0. The molecular weight excluding hydrogens is 804 g/mol. The number of aliphatic hydroxyl groups excluding tert-OH is 1. The number of rotatable bonds is 49. The van der Waals surface area contributed by atoms with Crippen LogP contribution in [0.2, 0.25) is 0 Å². The predicted molar refractivity (Wildman–Crippen MR) is 270 cm³/mol. The molecular formula is C54H105N2O6P. The molecule has 0 fully saturated rings. The van der Waals surface area contributed by atoms with Gasteiger partial charge in [0.2, 0.25) is 5.91 Å². The fraction of sp³-hybridized carbons (Fsp3) is 0.870. The molecule has 0 aromatic carbocycles. The fourth-order valence-electron chi connectivity index (χ4n) is 7.83. The maximum atomic E-state index is 12.9. The minimum Gasteiger partial charge on any atom is -0.756 e. The van der Waals surface area contributed by atoms with Gasteiger partial charge in [0.05, 0.1) is 39.9 Å².